The van der Waals surface area contributed by atoms with Crippen LogP contribution in [0.5, 0.6) is 5.75 Å². The zero-order valence-corrected chi connectivity index (χ0v) is 14.3. The van der Waals surface area contributed by atoms with Crippen LogP contribution in [0, 0.1) is 0 Å². The van der Waals surface area contributed by atoms with E-state index in [2.05, 4.69) is 29.0 Å². The van der Waals surface area contributed by atoms with Crippen LogP contribution < -0.4 is 4.74 Å². The van der Waals surface area contributed by atoms with Gasteiger partial charge in [0.2, 0.25) is 0 Å². The van der Waals surface area contributed by atoms with Crippen LogP contribution in [-0.4, -0.2) is 47.9 Å². The molecule has 2 rings (SSSR count). The molecule has 20 heavy (non-hydrogen) atoms. The molecule has 0 radical (unpaired) electrons. The summed E-state index contributed by atoms with van der Waals surface area (Å²) in [5.41, 5.74) is 2.03. The van der Waals surface area contributed by atoms with Gasteiger partial charge in [0.25, 0.3) is 0 Å². The number of halogens is 2. The molecule has 0 atom stereocenters. The number of imidazole rings is 1. The number of fused-ring (bicyclic) bond motifs is 1. The van der Waals surface area contributed by atoms with Gasteiger partial charge in [0, 0.05) is 18.4 Å². The Morgan fingerprint density at radius 1 is 1.30 bits per heavy atom. The Labute approximate surface area is 136 Å². The zero-order chi connectivity index (χ0) is 13.0. The molecule has 0 amide bonds. The van der Waals surface area contributed by atoms with E-state index < -0.39 is 0 Å². The summed E-state index contributed by atoms with van der Waals surface area (Å²) in [6.07, 6.45) is 0. The number of nitrogens with zero attached hydrogens (tertiary/aromatic N) is 2. The van der Waals surface area contributed by atoms with Crippen LogP contribution in [0.1, 0.15) is 6.92 Å². The molecule has 0 saturated heterocycles. The number of hydrogen-bond acceptors (Lipinski definition) is 4. The van der Waals surface area contributed by atoms with Crippen LogP contribution in [0.3, 0.4) is 0 Å². The monoisotopic (exact) mass is 337 g/mol. The largest absolute Gasteiger partial charge is 0.494 e. The van der Waals surface area contributed by atoms with Crippen LogP contribution in [0.4, 0.5) is 0 Å². The second-order valence-corrected chi connectivity index (χ2v) is 5.39. The second-order valence-electron chi connectivity index (χ2n) is 4.31. The van der Waals surface area contributed by atoms with Crippen LogP contribution in [-0.2, 0) is 0 Å². The smallest absolute Gasteiger partial charge is 0.166 e. The Kier molecular flexibility index (Phi) is 9.05. The molecule has 0 bridgehead atoms. The number of nitrogens with one attached hydrogen (secondary N) is 1. The Morgan fingerprint density at radius 3 is 2.70 bits per heavy atom. The number of thioether (sulfide) groups is 1. The minimum Gasteiger partial charge on any atom is -0.494 e. The SMILES string of the molecule is CCOc1ccc2nc(SCCN(C)C)[nH]c2c1.Cl.Cl. The molecule has 0 aliphatic rings. The third kappa shape index (κ3) is 5.40. The van der Waals surface area contributed by atoms with Gasteiger partial charge in [-0.25, -0.2) is 4.98 Å². The lowest BCUT2D eigenvalue weighted by Crippen LogP contribution is -2.14. The molecule has 0 fully saturated rings. The van der Waals surface area contributed by atoms with Gasteiger partial charge in [-0.1, -0.05) is 11.8 Å². The van der Waals surface area contributed by atoms with Gasteiger partial charge in [-0.15, -0.1) is 24.8 Å². The van der Waals surface area contributed by atoms with Crippen LogP contribution in [0.15, 0.2) is 23.4 Å². The quantitative estimate of drug-likeness (QED) is 0.819. The third-order valence-corrected chi connectivity index (χ3v) is 3.37. The van der Waals surface area contributed by atoms with Gasteiger partial charge >= 0.3 is 0 Å². The van der Waals surface area contributed by atoms with E-state index >= 15 is 0 Å². The number of hydrogen-bond donors (Lipinski definition) is 1. The highest BCUT2D eigenvalue weighted by atomic mass is 35.5. The summed E-state index contributed by atoms with van der Waals surface area (Å²) >= 11 is 1.74. The summed E-state index contributed by atoms with van der Waals surface area (Å²) in [7, 11) is 4.15. The molecule has 1 N–H and O–H groups in total. The van der Waals surface area contributed by atoms with Crippen molar-refractivity contribution in [3.8, 4) is 5.75 Å². The van der Waals surface area contributed by atoms with Crippen molar-refractivity contribution in [3.05, 3.63) is 18.2 Å². The molecule has 1 aromatic carbocycles. The van der Waals surface area contributed by atoms with Crippen molar-refractivity contribution in [2.75, 3.05) is 33.0 Å². The molecule has 0 aliphatic heterocycles. The fourth-order valence-corrected chi connectivity index (χ4v) is 2.61. The topological polar surface area (TPSA) is 41.1 Å². The highest BCUT2D eigenvalue weighted by molar-refractivity contribution is 7.99. The standard InChI is InChI=1S/C13H19N3OS.2ClH/c1-4-17-10-5-6-11-12(9-10)15-13(14-11)18-8-7-16(2)3;;/h5-6,9H,4,7-8H2,1-3H3,(H,14,15);2*1H. The van der Waals surface area contributed by atoms with Crippen LogP contribution >= 0.6 is 36.6 Å². The molecule has 0 aliphatic carbocycles. The summed E-state index contributed by atoms with van der Waals surface area (Å²) in [5, 5.41) is 0.973. The molecule has 4 nitrogen and oxygen atoms in total. The Bertz CT molecular complexity index is 519. The van der Waals surface area contributed by atoms with Gasteiger partial charge in [-0.2, -0.15) is 0 Å². The van der Waals surface area contributed by atoms with E-state index in [0.717, 1.165) is 34.2 Å². The Morgan fingerprint density at radius 2 is 2.05 bits per heavy atom. The van der Waals surface area contributed by atoms with Crippen LogP contribution in [0.2, 0.25) is 0 Å². The predicted octanol–water partition coefficient (Wildman–Crippen LogP) is 3.46. The molecule has 2 aromatic rings. The molecule has 1 aromatic heterocycles. The second kappa shape index (κ2) is 9.34. The maximum atomic E-state index is 5.47. The Hall–Kier alpha value is -0.620. The van der Waals surface area contributed by atoms with E-state index in [4.69, 9.17) is 4.74 Å². The minimum absolute atomic E-state index is 0. The van der Waals surface area contributed by atoms with E-state index in [1.54, 1.807) is 11.8 Å². The summed E-state index contributed by atoms with van der Waals surface area (Å²) < 4.78 is 5.47. The predicted molar refractivity (Wildman–Crippen MR) is 91.0 cm³/mol. The molecule has 1 heterocycles. The third-order valence-electron chi connectivity index (χ3n) is 2.52. The molecule has 0 unspecified atom stereocenters. The molecule has 0 spiro atoms. The van der Waals surface area contributed by atoms with Crippen molar-refractivity contribution >= 4 is 47.6 Å². The lowest BCUT2D eigenvalue weighted by Gasteiger charge is -2.06. The van der Waals surface area contributed by atoms with E-state index in [1.165, 1.54) is 0 Å². The summed E-state index contributed by atoms with van der Waals surface area (Å²) in [4.78, 5) is 10.0. The molecule has 7 heteroatoms. The van der Waals surface area contributed by atoms with E-state index in [1.807, 2.05) is 25.1 Å². The number of benzene rings is 1. The molecular weight excluding hydrogens is 317 g/mol. The highest BCUT2D eigenvalue weighted by Gasteiger charge is 2.04. The molecule has 114 valence electrons. The lowest BCUT2D eigenvalue weighted by atomic mass is 10.3. The molecular formula is C13H21Cl2N3OS. The zero-order valence-electron chi connectivity index (χ0n) is 11.9. The summed E-state index contributed by atoms with van der Waals surface area (Å²) in [5.74, 6) is 1.92. The fourth-order valence-electron chi connectivity index (χ4n) is 1.62. The number of ether oxygens (including phenoxy) is 1. The number of aromatic amines is 1. The first-order chi connectivity index (χ1) is 8.69. The first-order valence-electron chi connectivity index (χ1n) is 6.09. The van der Waals surface area contributed by atoms with Crippen molar-refractivity contribution in [1.82, 2.24) is 14.9 Å². The van der Waals surface area contributed by atoms with Gasteiger partial charge < -0.3 is 14.6 Å². The van der Waals surface area contributed by atoms with Gasteiger partial charge in [-0.05, 0) is 33.2 Å². The first-order valence-corrected chi connectivity index (χ1v) is 7.07. The van der Waals surface area contributed by atoms with Crippen molar-refractivity contribution < 1.29 is 4.74 Å². The van der Waals surface area contributed by atoms with E-state index in [-0.39, 0.29) is 24.8 Å². The molecule has 0 saturated carbocycles. The number of H-pyrrole nitrogens is 1. The summed E-state index contributed by atoms with van der Waals surface area (Å²) in [6.45, 7) is 3.72. The first kappa shape index (κ1) is 19.4. The maximum Gasteiger partial charge on any atom is 0.166 e. The minimum atomic E-state index is 0. The number of rotatable bonds is 6. The average Bonchev–Trinajstić information content (AvgIpc) is 2.71. The van der Waals surface area contributed by atoms with Crippen molar-refractivity contribution in [1.29, 1.82) is 0 Å². The lowest BCUT2D eigenvalue weighted by molar-refractivity contribution is 0.340. The average molecular weight is 338 g/mol. The van der Waals surface area contributed by atoms with Crippen molar-refractivity contribution in [3.63, 3.8) is 0 Å². The van der Waals surface area contributed by atoms with E-state index in [9.17, 15) is 0 Å². The van der Waals surface area contributed by atoms with Gasteiger partial charge in [0.1, 0.15) is 5.75 Å². The Balaban J connectivity index is 0.00000180. The van der Waals surface area contributed by atoms with Gasteiger partial charge in [0.05, 0.1) is 17.6 Å². The van der Waals surface area contributed by atoms with Gasteiger partial charge in [0.15, 0.2) is 5.16 Å². The number of aromatic nitrogens is 2. The summed E-state index contributed by atoms with van der Waals surface area (Å²) in [6, 6.07) is 5.95. The van der Waals surface area contributed by atoms with E-state index in [0.29, 0.717) is 6.61 Å². The van der Waals surface area contributed by atoms with Crippen molar-refractivity contribution in [2.45, 2.75) is 12.1 Å². The normalized spacial score (nSPS) is 10.2. The van der Waals surface area contributed by atoms with Crippen LogP contribution in [0.25, 0.3) is 11.0 Å². The van der Waals surface area contributed by atoms with Gasteiger partial charge in [-0.3, -0.25) is 0 Å². The maximum absolute atomic E-state index is 5.47. The fraction of sp³-hybridized carbons (Fsp3) is 0.462. The van der Waals surface area contributed by atoms with Crippen molar-refractivity contribution in [2.24, 2.45) is 0 Å². The highest BCUT2D eigenvalue weighted by Crippen LogP contribution is 2.23.